The molecule has 0 saturated heterocycles. The van der Waals surface area contributed by atoms with E-state index in [-0.39, 0.29) is 18.5 Å². The van der Waals surface area contributed by atoms with Gasteiger partial charge in [0, 0.05) is 12.2 Å². The third-order valence-electron chi connectivity index (χ3n) is 6.49. The van der Waals surface area contributed by atoms with E-state index in [0.29, 0.717) is 29.1 Å². The highest BCUT2D eigenvalue weighted by molar-refractivity contribution is 6.05. The Kier molecular flexibility index (Phi) is 6.25. The molecule has 0 radical (unpaired) electrons. The maximum Gasteiger partial charge on any atom is 0.322 e. The minimum absolute atomic E-state index is 0.106. The average molecular weight is 485 g/mol. The number of urea groups is 1. The van der Waals surface area contributed by atoms with Crippen LogP contribution in [0.4, 0.5) is 14.9 Å². The van der Waals surface area contributed by atoms with Crippen LogP contribution in [-0.2, 0) is 9.59 Å². The van der Waals surface area contributed by atoms with E-state index < -0.39 is 23.8 Å². The molecule has 0 bridgehead atoms. The van der Waals surface area contributed by atoms with Crippen LogP contribution in [0, 0.1) is 5.82 Å². The van der Waals surface area contributed by atoms with Crippen molar-refractivity contribution in [1.82, 2.24) is 15.1 Å². The van der Waals surface area contributed by atoms with Crippen molar-refractivity contribution in [1.29, 1.82) is 0 Å². The molecule has 3 aromatic rings. The number of halogens is 1. The Morgan fingerprint density at radius 2 is 1.64 bits per heavy atom. The first-order valence-corrected chi connectivity index (χ1v) is 11.8. The summed E-state index contributed by atoms with van der Waals surface area (Å²) in [4.78, 5) is 43.6. The second-order valence-corrected chi connectivity index (χ2v) is 8.64. The number of benzene rings is 3. The van der Waals surface area contributed by atoms with Crippen LogP contribution in [0.3, 0.4) is 0 Å². The first-order valence-electron chi connectivity index (χ1n) is 11.8. The SMILES string of the molecule is CCN1C(=O)N[C@@H](c2ccccc2)C2=C1CN([C@H](C(=O)Nc1ccc(F)cc1)c1ccccc1)C2=O. The number of rotatable bonds is 6. The van der Waals surface area contributed by atoms with E-state index in [1.54, 1.807) is 29.2 Å². The van der Waals surface area contributed by atoms with Gasteiger partial charge in [0.05, 0.1) is 23.9 Å². The maximum absolute atomic E-state index is 14.0. The fourth-order valence-corrected chi connectivity index (χ4v) is 4.80. The lowest BCUT2D eigenvalue weighted by atomic mass is 9.95. The molecule has 8 heteroatoms. The Hall–Kier alpha value is -4.46. The number of nitrogens with one attached hydrogen (secondary N) is 2. The minimum Gasteiger partial charge on any atom is -0.326 e. The van der Waals surface area contributed by atoms with E-state index in [1.807, 2.05) is 43.3 Å². The van der Waals surface area contributed by atoms with Gasteiger partial charge in [0.2, 0.25) is 0 Å². The van der Waals surface area contributed by atoms with Crippen molar-refractivity contribution in [3.8, 4) is 0 Å². The second kappa shape index (κ2) is 9.65. The molecular formula is C28H25FN4O3. The van der Waals surface area contributed by atoms with Gasteiger partial charge in [-0.25, -0.2) is 9.18 Å². The Morgan fingerprint density at radius 1 is 1.00 bits per heavy atom. The summed E-state index contributed by atoms with van der Waals surface area (Å²) in [5.41, 5.74) is 2.88. The molecule has 0 unspecified atom stereocenters. The standard InChI is InChI=1S/C28H25FN4O3/c1-2-32-22-17-33(27(35)23(22)24(31-28(32)36)18-9-5-3-6-10-18)25(19-11-7-4-8-12-19)26(34)30-21-15-13-20(29)14-16-21/h3-16,24-25H,2,17H2,1H3,(H,30,34)(H,31,36)/t24-,25-/m0/s1. The highest BCUT2D eigenvalue weighted by Gasteiger charge is 2.47. The van der Waals surface area contributed by atoms with Gasteiger partial charge in [0.25, 0.3) is 11.8 Å². The van der Waals surface area contributed by atoms with E-state index in [1.165, 1.54) is 29.2 Å². The van der Waals surface area contributed by atoms with Crippen molar-refractivity contribution < 1.29 is 18.8 Å². The molecular weight excluding hydrogens is 459 g/mol. The zero-order valence-electron chi connectivity index (χ0n) is 19.6. The lowest BCUT2D eigenvalue weighted by molar-refractivity contribution is -0.134. The molecule has 0 fully saturated rings. The number of hydrogen-bond acceptors (Lipinski definition) is 3. The Bertz CT molecular complexity index is 1330. The molecule has 0 saturated carbocycles. The zero-order chi connectivity index (χ0) is 25.2. The van der Waals surface area contributed by atoms with E-state index in [0.717, 1.165) is 5.56 Å². The first kappa shape index (κ1) is 23.3. The van der Waals surface area contributed by atoms with Crippen LogP contribution >= 0.6 is 0 Å². The number of carbonyl (C=O) groups excluding carboxylic acids is 3. The van der Waals surface area contributed by atoms with Gasteiger partial charge in [-0.2, -0.15) is 0 Å². The molecule has 0 aromatic heterocycles. The Labute approximate surface area is 208 Å². The molecule has 2 aliphatic heterocycles. The highest BCUT2D eigenvalue weighted by Crippen LogP contribution is 2.39. The molecule has 0 spiro atoms. The summed E-state index contributed by atoms with van der Waals surface area (Å²) >= 11 is 0. The van der Waals surface area contributed by atoms with E-state index in [2.05, 4.69) is 10.6 Å². The molecule has 2 N–H and O–H groups in total. The van der Waals surface area contributed by atoms with Crippen LogP contribution in [0.2, 0.25) is 0 Å². The summed E-state index contributed by atoms with van der Waals surface area (Å²) in [6.45, 7) is 2.33. The Balaban J connectivity index is 1.53. The molecule has 0 aliphatic carbocycles. The van der Waals surface area contributed by atoms with Crippen LogP contribution in [0.25, 0.3) is 0 Å². The van der Waals surface area contributed by atoms with Crippen molar-refractivity contribution in [2.75, 3.05) is 18.4 Å². The maximum atomic E-state index is 14.0. The van der Waals surface area contributed by atoms with Gasteiger partial charge in [0.1, 0.15) is 11.9 Å². The quantitative estimate of drug-likeness (QED) is 0.545. The normalized spacial score (nSPS) is 18.1. The zero-order valence-corrected chi connectivity index (χ0v) is 19.6. The topological polar surface area (TPSA) is 81.8 Å². The smallest absolute Gasteiger partial charge is 0.322 e. The molecule has 2 aliphatic rings. The third-order valence-corrected chi connectivity index (χ3v) is 6.49. The van der Waals surface area contributed by atoms with Crippen LogP contribution < -0.4 is 10.6 Å². The molecule has 7 nitrogen and oxygen atoms in total. The van der Waals surface area contributed by atoms with E-state index in [9.17, 15) is 18.8 Å². The van der Waals surface area contributed by atoms with Gasteiger partial charge >= 0.3 is 6.03 Å². The molecule has 182 valence electrons. The second-order valence-electron chi connectivity index (χ2n) is 8.64. The van der Waals surface area contributed by atoms with Crippen molar-refractivity contribution >= 4 is 23.5 Å². The number of carbonyl (C=O) groups is 3. The third kappa shape index (κ3) is 4.22. The van der Waals surface area contributed by atoms with Crippen LogP contribution in [0.15, 0.2) is 96.2 Å². The fraction of sp³-hybridized carbons (Fsp3) is 0.179. The number of hydrogen-bond donors (Lipinski definition) is 2. The summed E-state index contributed by atoms with van der Waals surface area (Å²) in [7, 11) is 0. The summed E-state index contributed by atoms with van der Waals surface area (Å²) in [6, 6.07) is 21.9. The van der Waals surface area contributed by atoms with Gasteiger partial charge in [-0.15, -0.1) is 0 Å². The number of anilines is 1. The van der Waals surface area contributed by atoms with Gasteiger partial charge < -0.3 is 15.5 Å². The molecule has 3 aromatic carbocycles. The average Bonchev–Trinajstić information content (AvgIpc) is 3.22. The van der Waals surface area contributed by atoms with Gasteiger partial charge in [-0.3, -0.25) is 14.5 Å². The van der Waals surface area contributed by atoms with Crippen molar-refractivity contribution in [2.24, 2.45) is 0 Å². The first-order chi connectivity index (χ1) is 17.5. The molecule has 36 heavy (non-hydrogen) atoms. The number of amides is 4. The van der Waals surface area contributed by atoms with Crippen molar-refractivity contribution in [3.63, 3.8) is 0 Å². The van der Waals surface area contributed by atoms with Crippen molar-refractivity contribution in [2.45, 2.75) is 19.0 Å². The lowest BCUT2D eigenvalue weighted by Crippen LogP contribution is -2.47. The minimum atomic E-state index is -0.959. The van der Waals surface area contributed by atoms with Crippen molar-refractivity contribution in [3.05, 3.63) is 113 Å². The summed E-state index contributed by atoms with van der Waals surface area (Å²) < 4.78 is 13.4. The van der Waals surface area contributed by atoms with Crippen LogP contribution in [0.1, 0.15) is 30.1 Å². The van der Waals surface area contributed by atoms with Gasteiger partial charge in [0.15, 0.2) is 0 Å². The largest absolute Gasteiger partial charge is 0.326 e. The van der Waals surface area contributed by atoms with E-state index in [4.69, 9.17) is 0 Å². The molecule has 5 rings (SSSR count). The van der Waals surface area contributed by atoms with Gasteiger partial charge in [-0.1, -0.05) is 60.7 Å². The van der Waals surface area contributed by atoms with Crippen LogP contribution in [0.5, 0.6) is 0 Å². The summed E-state index contributed by atoms with van der Waals surface area (Å²) in [6.07, 6.45) is 0. The predicted octanol–water partition coefficient (Wildman–Crippen LogP) is 4.39. The predicted molar refractivity (Wildman–Crippen MR) is 133 cm³/mol. The number of likely N-dealkylation sites (N-methyl/N-ethyl adjacent to an activating group) is 1. The van der Waals surface area contributed by atoms with Crippen LogP contribution in [-0.4, -0.2) is 40.7 Å². The summed E-state index contributed by atoms with van der Waals surface area (Å²) in [5.74, 6) is -1.16. The molecule has 2 atom stereocenters. The molecule has 2 heterocycles. The van der Waals surface area contributed by atoms with Gasteiger partial charge in [-0.05, 0) is 42.3 Å². The Morgan fingerprint density at radius 3 is 2.28 bits per heavy atom. The number of nitrogens with zero attached hydrogens (tertiary/aromatic N) is 2. The van der Waals surface area contributed by atoms with E-state index >= 15 is 0 Å². The highest BCUT2D eigenvalue weighted by atomic mass is 19.1. The fourth-order valence-electron chi connectivity index (χ4n) is 4.80. The monoisotopic (exact) mass is 484 g/mol. The molecule has 4 amide bonds. The summed E-state index contributed by atoms with van der Waals surface area (Å²) in [5, 5.41) is 5.76. The lowest BCUT2D eigenvalue weighted by Gasteiger charge is -2.32.